The SMILES string of the molecule is CCC1(O)CN(C(=O)C(C)(C)O)C1. The standard InChI is InChI=1S/C9H17NO3/c1-4-9(13)5-10(6-9)7(11)8(2,3)12/h12-13H,4-6H2,1-3H3. The van der Waals surface area contributed by atoms with Crippen LogP contribution in [0.4, 0.5) is 0 Å². The van der Waals surface area contributed by atoms with Gasteiger partial charge in [-0.15, -0.1) is 0 Å². The van der Waals surface area contributed by atoms with Gasteiger partial charge in [0.05, 0.1) is 18.7 Å². The molecule has 1 fully saturated rings. The van der Waals surface area contributed by atoms with E-state index >= 15 is 0 Å². The van der Waals surface area contributed by atoms with Gasteiger partial charge in [-0.1, -0.05) is 6.92 Å². The first-order chi connectivity index (χ1) is 5.78. The Morgan fingerprint density at radius 1 is 1.54 bits per heavy atom. The molecule has 0 atom stereocenters. The van der Waals surface area contributed by atoms with Crippen molar-refractivity contribution in [2.75, 3.05) is 13.1 Å². The second kappa shape index (κ2) is 2.96. The van der Waals surface area contributed by atoms with Gasteiger partial charge in [-0.2, -0.15) is 0 Å². The summed E-state index contributed by atoms with van der Waals surface area (Å²) in [6, 6.07) is 0. The highest BCUT2D eigenvalue weighted by atomic mass is 16.3. The lowest BCUT2D eigenvalue weighted by Gasteiger charge is -2.47. The van der Waals surface area contributed by atoms with Crippen molar-refractivity contribution in [3.8, 4) is 0 Å². The third kappa shape index (κ3) is 2.00. The highest BCUT2D eigenvalue weighted by Crippen LogP contribution is 2.26. The van der Waals surface area contributed by atoms with Crippen LogP contribution < -0.4 is 0 Å². The highest BCUT2D eigenvalue weighted by molar-refractivity contribution is 5.85. The molecule has 13 heavy (non-hydrogen) atoms. The van der Waals surface area contributed by atoms with Crippen molar-refractivity contribution >= 4 is 5.91 Å². The van der Waals surface area contributed by atoms with Crippen molar-refractivity contribution in [3.05, 3.63) is 0 Å². The summed E-state index contributed by atoms with van der Waals surface area (Å²) < 4.78 is 0. The fourth-order valence-electron chi connectivity index (χ4n) is 1.42. The number of amides is 1. The van der Waals surface area contributed by atoms with Gasteiger partial charge in [0.15, 0.2) is 0 Å². The van der Waals surface area contributed by atoms with E-state index in [0.717, 1.165) is 0 Å². The van der Waals surface area contributed by atoms with E-state index in [-0.39, 0.29) is 5.91 Å². The first-order valence-electron chi connectivity index (χ1n) is 4.53. The van der Waals surface area contributed by atoms with E-state index in [9.17, 15) is 15.0 Å². The van der Waals surface area contributed by atoms with Crippen LogP contribution in [-0.2, 0) is 4.79 Å². The molecule has 1 heterocycles. The fourth-order valence-corrected chi connectivity index (χ4v) is 1.42. The van der Waals surface area contributed by atoms with Crippen LogP contribution in [-0.4, -0.2) is 45.3 Å². The molecule has 4 heteroatoms. The minimum absolute atomic E-state index is 0.314. The van der Waals surface area contributed by atoms with Crippen LogP contribution in [0.1, 0.15) is 27.2 Å². The van der Waals surface area contributed by atoms with Gasteiger partial charge in [0.2, 0.25) is 0 Å². The number of nitrogens with zero attached hydrogens (tertiary/aromatic N) is 1. The number of carbonyl (C=O) groups is 1. The number of likely N-dealkylation sites (tertiary alicyclic amines) is 1. The van der Waals surface area contributed by atoms with E-state index in [1.54, 1.807) is 0 Å². The number of hydrogen-bond acceptors (Lipinski definition) is 3. The maximum Gasteiger partial charge on any atom is 0.254 e. The number of hydrogen-bond donors (Lipinski definition) is 2. The predicted octanol–water partition coefficient (Wildman–Crippen LogP) is -0.259. The normalized spacial score (nSPS) is 21.2. The van der Waals surface area contributed by atoms with Gasteiger partial charge < -0.3 is 15.1 Å². The summed E-state index contributed by atoms with van der Waals surface area (Å²) in [5.74, 6) is -0.314. The fraction of sp³-hybridized carbons (Fsp3) is 0.889. The molecule has 2 N–H and O–H groups in total. The molecule has 0 saturated carbocycles. The third-order valence-electron chi connectivity index (χ3n) is 2.44. The van der Waals surface area contributed by atoms with Gasteiger partial charge in [-0.25, -0.2) is 0 Å². The summed E-state index contributed by atoms with van der Waals surface area (Å²) in [5, 5.41) is 19.0. The predicted molar refractivity (Wildman–Crippen MR) is 48.1 cm³/mol. The molecule has 0 aliphatic carbocycles. The van der Waals surface area contributed by atoms with Crippen molar-refractivity contribution < 1.29 is 15.0 Å². The molecule has 1 amide bonds. The molecule has 0 aromatic heterocycles. The number of carbonyl (C=O) groups excluding carboxylic acids is 1. The molecule has 1 rings (SSSR count). The van der Waals surface area contributed by atoms with Crippen LogP contribution in [0.15, 0.2) is 0 Å². The lowest BCUT2D eigenvalue weighted by atomic mass is 9.89. The smallest absolute Gasteiger partial charge is 0.254 e. The minimum atomic E-state index is -1.32. The van der Waals surface area contributed by atoms with E-state index in [1.165, 1.54) is 18.7 Å². The van der Waals surface area contributed by atoms with E-state index in [1.807, 2.05) is 6.92 Å². The summed E-state index contributed by atoms with van der Waals surface area (Å²) >= 11 is 0. The third-order valence-corrected chi connectivity index (χ3v) is 2.44. The van der Waals surface area contributed by atoms with Gasteiger partial charge in [-0.05, 0) is 20.3 Å². The van der Waals surface area contributed by atoms with Gasteiger partial charge in [-0.3, -0.25) is 4.79 Å². The molecule has 4 nitrogen and oxygen atoms in total. The lowest BCUT2D eigenvalue weighted by molar-refractivity contribution is -0.171. The van der Waals surface area contributed by atoms with Gasteiger partial charge in [0, 0.05) is 0 Å². The van der Waals surface area contributed by atoms with Gasteiger partial charge in [0.25, 0.3) is 5.91 Å². The summed E-state index contributed by atoms with van der Waals surface area (Å²) in [7, 11) is 0. The van der Waals surface area contributed by atoms with Crippen molar-refractivity contribution in [1.29, 1.82) is 0 Å². The summed E-state index contributed by atoms with van der Waals surface area (Å²) in [6.07, 6.45) is 0.642. The zero-order valence-corrected chi connectivity index (χ0v) is 8.37. The molecule has 1 aliphatic rings. The first-order valence-corrected chi connectivity index (χ1v) is 4.53. The number of β-amino-alcohol motifs (C(OH)–C–C–N with tert-alkyl or cyclic N) is 1. The summed E-state index contributed by atoms with van der Waals surface area (Å²) in [6.45, 7) is 5.47. The van der Waals surface area contributed by atoms with Crippen LogP contribution in [0, 0.1) is 0 Å². The van der Waals surface area contributed by atoms with Crippen LogP contribution in [0.5, 0.6) is 0 Å². The zero-order valence-electron chi connectivity index (χ0n) is 8.37. The average Bonchev–Trinajstić information content (AvgIpc) is 1.95. The summed E-state index contributed by atoms with van der Waals surface area (Å²) in [4.78, 5) is 12.9. The largest absolute Gasteiger partial charge is 0.386 e. The van der Waals surface area contributed by atoms with Gasteiger partial charge in [0.1, 0.15) is 5.60 Å². The number of aliphatic hydroxyl groups is 2. The first kappa shape index (κ1) is 10.5. The Kier molecular flexibility index (Phi) is 2.38. The maximum atomic E-state index is 11.4. The molecule has 0 bridgehead atoms. The molecule has 0 aromatic carbocycles. The van der Waals surface area contributed by atoms with Crippen molar-refractivity contribution in [2.24, 2.45) is 0 Å². The van der Waals surface area contributed by atoms with E-state index in [0.29, 0.717) is 19.5 Å². The molecular formula is C9H17NO3. The molecule has 0 unspecified atom stereocenters. The van der Waals surface area contributed by atoms with Crippen LogP contribution in [0.3, 0.4) is 0 Å². The maximum absolute atomic E-state index is 11.4. The average molecular weight is 187 g/mol. The van der Waals surface area contributed by atoms with E-state index < -0.39 is 11.2 Å². The Morgan fingerprint density at radius 2 is 2.00 bits per heavy atom. The Bertz CT molecular complexity index is 213. The Hall–Kier alpha value is -0.610. The van der Waals surface area contributed by atoms with E-state index in [2.05, 4.69) is 0 Å². The van der Waals surface area contributed by atoms with Crippen molar-refractivity contribution in [1.82, 2.24) is 4.90 Å². The molecule has 1 saturated heterocycles. The van der Waals surface area contributed by atoms with Crippen LogP contribution in [0.2, 0.25) is 0 Å². The molecule has 1 aliphatic heterocycles. The zero-order chi connectivity index (χ0) is 10.3. The monoisotopic (exact) mass is 187 g/mol. The Balaban J connectivity index is 2.49. The number of rotatable bonds is 2. The minimum Gasteiger partial charge on any atom is -0.386 e. The summed E-state index contributed by atoms with van der Waals surface area (Å²) in [5.41, 5.74) is -2.05. The molecule has 0 spiro atoms. The molecule has 0 radical (unpaired) electrons. The quantitative estimate of drug-likeness (QED) is 0.626. The second-order valence-corrected chi connectivity index (χ2v) is 4.30. The van der Waals surface area contributed by atoms with E-state index in [4.69, 9.17) is 0 Å². The molecule has 76 valence electrons. The Labute approximate surface area is 78.2 Å². The molecular weight excluding hydrogens is 170 g/mol. The van der Waals surface area contributed by atoms with Crippen molar-refractivity contribution in [3.63, 3.8) is 0 Å². The lowest BCUT2D eigenvalue weighted by Crippen LogP contribution is -2.66. The molecule has 0 aromatic rings. The topological polar surface area (TPSA) is 60.8 Å². The van der Waals surface area contributed by atoms with Gasteiger partial charge >= 0.3 is 0 Å². The highest BCUT2D eigenvalue weighted by Gasteiger charge is 2.45. The Morgan fingerprint density at radius 3 is 2.31 bits per heavy atom. The second-order valence-electron chi connectivity index (χ2n) is 4.30. The van der Waals surface area contributed by atoms with Crippen LogP contribution in [0.25, 0.3) is 0 Å². The van der Waals surface area contributed by atoms with Crippen LogP contribution >= 0.6 is 0 Å². The van der Waals surface area contributed by atoms with Crippen molar-refractivity contribution in [2.45, 2.75) is 38.4 Å².